The molecule has 0 spiro atoms. The second-order valence-corrected chi connectivity index (χ2v) is 7.41. The van der Waals surface area contributed by atoms with Gasteiger partial charge < -0.3 is 20.8 Å². The number of carboxylic acids is 2. The van der Waals surface area contributed by atoms with Gasteiger partial charge in [-0.05, 0) is 38.1 Å². The van der Waals surface area contributed by atoms with E-state index in [9.17, 15) is 9.59 Å². The minimum Gasteiger partial charge on any atom is -0.481 e. The fraction of sp³-hybridized carbons (Fsp3) is 0.842. The molecule has 0 aromatic rings. The van der Waals surface area contributed by atoms with Gasteiger partial charge in [-0.25, -0.2) is 0 Å². The van der Waals surface area contributed by atoms with Crippen molar-refractivity contribution >= 4 is 17.8 Å². The lowest BCUT2D eigenvalue weighted by Gasteiger charge is -2.26. The maximum absolute atomic E-state index is 12.6. The van der Waals surface area contributed by atoms with Crippen LogP contribution in [-0.2, 0) is 14.4 Å². The van der Waals surface area contributed by atoms with Crippen LogP contribution in [0.2, 0.25) is 0 Å². The highest BCUT2D eigenvalue weighted by Crippen LogP contribution is 2.32. The fourth-order valence-electron chi connectivity index (χ4n) is 3.30. The highest BCUT2D eigenvalue weighted by atomic mass is 16.4. The smallest absolute Gasteiger partial charge is 0.303 e. The van der Waals surface area contributed by atoms with Crippen LogP contribution in [0, 0.1) is 11.8 Å². The molecule has 0 aromatic heterocycles. The summed E-state index contributed by atoms with van der Waals surface area (Å²) in [7, 11) is 0. The first kappa shape index (κ1) is 24.4. The van der Waals surface area contributed by atoms with Crippen molar-refractivity contribution in [2.75, 3.05) is 13.1 Å². The lowest BCUT2D eigenvalue weighted by molar-refractivity contribution is -0.138. The molecule has 7 nitrogen and oxygen atoms in total. The van der Waals surface area contributed by atoms with E-state index in [2.05, 4.69) is 13.8 Å². The first-order valence-electron chi connectivity index (χ1n) is 9.60. The number of hydrogen-bond acceptors (Lipinski definition) is 4. The quantitative estimate of drug-likeness (QED) is 0.480. The molecule has 4 N–H and O–H groups in total. The van der Waals surface area contributed by atoms with E-state index in [0.717, 1.165) is 58.5 Å². The number of amides is 1. The van der Waals surface area contributed by atoms with Crippen LogP contribution in [0.1, 0.15) is 72.1 Å². The predicted molar refractivity (Wildman–Crippen MR) is 101 cm³/mol. The van der Waals surface area contributed by atoms with Crippen molar-refractivity contribution in [2.45, 2.75) is 78.2 Å². The summed E-state index contributed by atoms with van der Waals surface area (Å²) in [5.74, 6) is -0.861. The Morgan fingerprint density at radius 3 is 2.23 bits per heavy atom. The minimum atomic E-state index is -0.833. The molecule has 1 amide bonds. The molecule has 0 radical (unpaired) electrons. The van der Waals surface area contributed by atoms with Crippen LogP contribution < -0.4 is 5.73 Å². The zero-order valence-corrected chi connectivity index (χ0v) is 16.4. The monoisotopic (exact) mass is 372 g/mol. The normalized spacial score (nSPS) is 19.4. The second kappa shape index (κ2) is 13.6. The summed E-state index contributed by atoms with van der Waals surface area (Å²) in [5, 5.41) is 16.3. The molecule has 1 aliphatic heterocycles. The average Bonchev–Trinajstić information content (AvgIpc) is 2.80. The van der Waals surface area contributed by atoms with Gasteiger partial charge in [-0.15, -0.1) is 0 Å². The Labute approximate surface area is 156 Å². The lowest BCUT2D eigenvalue weighted by Crippen LogP contribution is -2.37. The van der Waals surface area contributed by atoms with E-state index in [4.69, 9.17) is 20.7 Å². The Hall–Kier alpha value is -1.63. The van der Waals surface area contributed by atoms with Crippen LogP contribution in [-0.4, -0.2) is 52.1 Å². The fourth-order valence-corrected chi connectivity index (χ4v) is 3.30. The van der Waals surface area contributed by atoms with Gasteiger partial charge in [-0.2, -0.15) is 0 Å². The third-order valence-electron chi connectivity index (χ3n) is 4.39. The number of carbonyl (C=O) groups excluding carboxylic acids is 1. The Kier molecular flexibility index (Phi) is 12.7. The Bertz CT molecular complexity index is 436. The SMILES string of the molecule is CC(=O)O.CC(C)CN1C(=O)[C@H](CCCCCCN)C[C@@H]1CCC(=O)O. The average molecular weight is 373 g/mol. The van der Waals surface area contributed by atoms with Gasteiger partial charge in [0.1, 0.15) is 0 Å². The zero-order valence-electron chi connectivity index (χ0n) is 16.4. The summed E-state index contributed by atoms with van der Waals surface area (Å²) >= 11 is 0. The highest BCUT2D eigenvalue weighted by Gasteiger charge is 2.38. The molecule has 152 valence electrons. The summed E-state index contributed by atoms with van der Waals surface area (Å²) in [4.78, 5) is 34.3. The molecule has 7 heteroatoms. The summed E-state index contributed by atoms with van der Waals surface area (Å²) in [6.07, 6.45) is 6.88. The van der Waals surface area contributed by atoms with E-state index >= 15 is 0 Å². The van der Waals surface area contributed by atoms with Crippen LogP contribution in [0.4, 0.5) is 0 Å². The van der Waals surface area contributed by atoms with Crippen LogP contribution >= 0.6 is 0 Å². The largest absolute Gasteiger partial charge is 0.481 e. The number of rotatable bonds is 11. The first-order valence-corrected chi connectivity index (χ1v) is 9.60. The molecule has 0 bridgehead atoms. The zero-order chi connectivity index (χ0) is 20.1. The summed E-state index contributed by atoms with van der Waals surface area (Å²) in [6, 6.07) is 0.111. The maximum Gasteiger partial charge on any atom is 0.303 e. The van der Waals surface area contributed by atoms with Crippen molar-refractivity contribution in [3.8, 4) is 0 Å². The Balaban J connectivity index is 0.00000141. The summed E-state index contributed by atoms with van der Waals surface area (Å²) in [5.41, 5.74) is 5.49. The Morgan fingerprint density at radius 1 is 1.15 bits per heavy atom. The van der Waals surface area contributed by atoms with Gasteiger partial charge in [0, 0.05) is 31.8 Å². The second-order valence-electron chi connectivity index (χ2n) is 7.41. The van der Waals surface area contributed by atoms with Crippen molar-refractivity contribution < 1.29 is 24.6 Å². The summed E-state index contributed by atoms with van der Waals surface area (Å²) in [6.45, 7) is 6.76. The van der Waals surface area contributed by atoms with E-state index in [1.165, 1.54) is 0 Å². The molecule has 1 fully saturated rings. The minimum absolute atomic E-state index is 0.0930. The number of nitrogens with zero attached hydrogens (tertiary/aromatic N) is 1. The van der Waals surface area contributed by atoms with E-state index < -0.39 is 11.9 Å². The number of hydrogen-bond donors (Lipinski definition) is 3. The van der Waals surface area contributed by atoms with Gasteiger partial charge in [0.15, 0.2) is 0 Å². The Morgan fingerprint density at radius 2 is 1.73 bits per heavy atom. The standard InChI is InChI=1S/C17H32N2O3.C2H4O2/c1-13(2)12-19-15(8-9-16(20)21)11-14(17(19)22)7-5-3-4-6-10-18;1-2(3)4/h13-15H,3-12,18H2,1-2H3,(H,20,21);1H3,(H,3,4)/t14-,15+;/m1./s1. The molecule has 1 saturated heterocycles. The van der Waals surface area contributed by atoms with Crippen molar-refractivity contribution in [1.82, 2.24) is 4.90 Å². The molecule has 0 saturated carbocycles. The molecule has 0 aliphatic carbocycles. The predicted octanol–water partition coefficient (Wildman–Crippen LogP) is 2.72. The van der Waals surface area contributed by atoms with Crippen molar-refractivity contribution in [3.05, 3.63) is 0 Å². The van der Waals surface area contributed by atoms with E-state index in [0.29, 0.717) is 12.3 Å². The van der Waals surface area contributed by atoms with Gasteiger partial charge in [0.25, 0.3) is 5.97 Å². The number of carbonyl (C=O) groups is 3. The third-order valence-corrected chi connectivity index (χ3v) is 4.39. The van der Waals surface area contributed by atoms with Crippen LogP contribution in [0.3, 0.4) is 0 Å². The van der Waals surface area contributed by atoms with Crippen molar-refractivity contribution in [3.63, 3.8) is 0 Å². The van der Waals surface area contributed by atoms with Gasteiger partial charge in [0.05, 0.1) is 0 Å². The van der Waals surface area contributed by atoms with Crippen molar-refractivity contribution in [1.29, 1.82) is 0 Å². The van der Waals surface area contributed by atoms with Gasteiger partial charge in [-0.1, -0.05) is 33.1 Å². The number of carboxylic acid groups (broad SMARTS) is 2. The highest BCUT2D eigenvalue weighted by molar-refractivity contribution is 5.81. The number of aliphatic carboxylic acids is 2. The first-order chi connectivity index (χ1) is 12.2. The number of unbranched alkanes of at least 4 members (excludes halogenated alkanes) is 3. The van der Waals surface area contributed by atoms with Crippen LogP contribution in [0.15, 0.2) is 0 Å². The van der Waals surface area contributed by atoms with Crippen LogP contribution in [0.5, 0.6) is 0 Å². The van der Waals surface area contributed by atoms with E-state index in [1.54, 1.807) is 0 Å². The molecule has 1 heterocycles. The molecule has 1 aliphatic rings. The topological polar surface area (TPSA) is 121 Å². The number of likely N-dealkylation sites (tertiary alicyclic amines) is 1. The molecule has 1 rings (SSSR count). The van der Waals surface area contributed by atoms with Gasteiger partial charge >= 0.3 is 5.97 Å². The van der Waals surface area contributed by atoms with Gasteiger partial charge in [-0.3, -0.25) is 14.4 Å². The molecule has 0 unspecified atom stereocenters. The third kappa shape index (κ3) is 11.1. The van der Waals surface area contributed by atoms with Crippen molar-refractivity contribution in [2.24, 2.45) is 17.6 Å². The molecule has 26 heavy (non-hydrogen) atoms. The molecule has 2 atom stereocenters. The van der Waals surface area contributed by atoms with E-state index in [-0.39, 0.29) is 24.3 Å². The van der Waals surface area contributed by atoms with Crippen LogP contribution in [0.25, 0.3) is 0 Å². The van der Waals surface area contributed by atoms with Gasteiger partial charge in [0.2, 0.25) is 5.91 Å². The molecular formula is C19H36N2O5. The lowest BCUT2D eigenvalue weighted by atomic mass is 9.96. The number of nitrogens with two attached hydrogens (primary N) is 1. The molecule has 0 aromatic carbocycles. The van der Waals surface area contributed by atoms with E-state index in [1.807, 2.05) is 4.90 Å². The molecular weight excluding hydrogens is 336 g/mol. The maximum atomic E-state index is 12.6. The summed E-state index contributed by atoms with van der Waals surface area (Å²) < 4.78 is 0.